The molecule has 0 fully saturated rings. The van der Waals surface area contributed by atoms with Crippen molar-refractivity contribution in [2.24, 2.45) is 0 Å². The van der Waals surface area contributed by atoms with Crippen molar-refractivity contribution in [2.75, 3.05) is 0 Å². The Morgan fingerprint density at radius 3 is 2.67 bits per heavy atom. The first-order valence-corrected chi connectivity index (χ1v) is 2.14. The average Bonchev–Trinajstić information content (AvgIpc) is 1.90. The molecule has 3 nitrogen and oxygen atoms in total. The maximum absolute atomic E-state index is 11.6. The standard InChI is InChI=1S/C4H2F2N3/c5-3(6)4-7-1-2-8-9-4/h2-3H. The zero-order valence-electron chi connectivity index (χ0n) is 4.25. The van der Waals surface area contributed by atoms with E-state index >= 15 is 0 Å². The van der Waals surface area contributed by atoms with Gasteiger partial charge in [-0.3, -0.25) is 0 Å². The first-order valence-electron chi connectivity index (χ1n) is 2.14. The Morgan fingerprint density at radius 1 is 1.56 bits per heavy atom. The number of rotatable bonds is 1. The van der Waals surface area contributed by atoms with Crippen LogP contribution in [0.4, 0.5) is 8.78 Å². The lowest BCUT2D eigenvalue weighted by Gasteiger charge is -1.90. The first kappa shape index (κ1) is 6.00. The summed E-state index contributed by atoms with van der Waals surface area (Å²) in [7, 11) is 0. The van der Waals surface area contributed by atoms with Gasteiger partial charge in [0, 0.05) is 0 Å². The molecule has 1 aromatic heterocycles. The van der Waals surface area contributed by atoms with Crippen LogP contribution in [0.25, 0.3) is 0 Å². The maximum atomic E-state index is 11.6. The van der Waals surface area contributed by atoms with Crippen LogP contribution in [0, 0.1) is 6.20 Å². The minimum Gasteiger partial charge on any atom is -0.222 e. The molecule has 0 amide bonds. The molecule has 1 rings (SSSR count). The number of hydrogen-bond donors (Lipinski definition) is 0. The fourth-order valence-electron chi connectivity index (χ4n) is 0.324. The fraction of sp³-hybridized carbons (Fsp3) is 0.250. The van der Waals surface area contributed by atoms with Crippen molar-refractivity contribution >= 4 is 0 Å². The summed E-state index contributed by atoms with van der Waals surface area (Å²) in [6.45, 7) is 0. The van der Waals surface area contributed by atoms with E-state index < -0.39 is 12.2 Å². The molecule has 0 aliphatic carbocycles. The smallest absolute Gasteiger partial charge is 0.222 e. The van der Waals surface area contributed by atoms with E-state index in [9.17, 15) is 8.78 Å². The zero-order valence-corrected chi connectivity index (χ0v) is 4.25. The summed E-state index contributed by atoms with van der Waals surface area (Å²) in [6, 6.07) is 0. The van der Waals surface area contributed by atoms with Crippen LogP contribution >= 0.6 is 0 Å². The van der Waals surface area contributed by atoms with Crippen molar-refractivity contribution in [3.63, 3.8) is 0 Å². The summed E-state index contributed by atoms with van der Waals surface area (Å²) in [5, 5.41) is 6.19. The lowest BCUT2D eigenvalue weighted by atomic mass is 10.6. The van der Waals surface area contributed by atoms with Gasteiger partial charge in [0.25, 0.3) is 6.43 Å². The lowest BCUT2D eigenvalue weighted by molar-refractivity contribution is 0.138. The van der Waals surface area contributed by atoms with E-state index in [0.29, 0.717) is 0 Å². The van der Waals surface area contributed by atoms with Crippen molar-refractivity contribution in [1.29, 1.82) is 0 Å². The SMILES string of the molecule is FC(F)c1n[c]cnn1. The second-order valence-electron chi connectivity index (χ2n) is 1.24. The molecular formula is C4H2F2N3. The number of halogens is 2. The van der Waals surface area contributed by atoms with Gasteiger partial charge in [-0.05, 0) is 0 Å². The Hall–Kier alpha value is -1.13. The van der Waals surface area contributed by atoms with Crippen LogP contribution in [0.5, 0.6) is 0 Å². The fourth-order valence-corrected chi connectivity index (χ4v) is 0.324. The van der Waals surface area contributed by atoms with Gasteiger partial charge in [-0.25, -0.2) is 13.8 Å². The molecule has 0 unspecified atom stereocenters. The normalized spacial score (nSPS) is 10.1. The predicted octanol–water partition coefficient (Wildman–Crippen LogP) is 0.609. The van der Waals surface area contributed by atoms with Gasteiger partial charge in [-0.15, -0.1) is 5.10 Å². The highest BCUT2D eigenvalue weighted by atomic mass is 19.3. The van der Waals surface area contributed by atoms with Crippen molar-refractivity contribution in [1.82, 2.24) is 15.2 Å². The van der Waals surface area contributed by atoms with Gasteiger partial charge in [-0.1, -0.05) is 0 Å². The van der Waals surface area contributed by atoms with Crippen LogP contribution in [0.15, 0.2) is 6.20 Å². The van der Waals surface area contributed by atoms with Gasteiger partial charge >= 0.3 is 0 Å². The Morgan fingerprint density at radius 2 is 2.33 bits per heavy atom. The number of alkyl halides is 2. The van der Waals surface area contributed by atoms with E-state index in [-0.39, 0.29) is 0 Å². The molecule has 0 saturated carbocycles. The number of hydrogen-bond acceptors (Lipinski definition) is 3. The lowest BCUT2D eigenvalue weighted by Crippen LogP contribution is -1.95. The van der Waals surface area contributed by atoms with Crippen LogP contribution in [0.1, 0.15) is 12.2 Å². The van der Waals surface area contributed by atoms with Crippen LogP contribution < -0.4 is 0 Å². The highest BCUT2D eigenvalue weighted by molar-refractivity contribution is 4.80. The van der Waals surface area contributed by atoms with E-state index in [2.05, 4.69) is 21.4 Å². The van der Waals surface area contributed by atoms with Gasteiger partial charge in [-0.2, -0.15) is 5.10 Å². The van der Waals surface area contributed by atoms with Crippen LogP contribution in [-0.4, -0.2) is 15.2 Å². The maximum Gasteiger partial charge on any atom is 0.299 e. The minimum absolute atomic E-state index is 0.586. The van der Waals surface area contributed by atoms with Crippen molar-refractivity contribution in [3.05, 3.63) is 18.2 Å². The molecule has 1 aromatic rings. The van der Waals surface area contributed by atoms with Crippen LogP contribution in [0.2, 0.25) is 0 Å². The molecule has 0 aromatic carbocycles. The molecule has 5 heteroatoms. The topological polar surface area (TPSA) is 38.7 Å². The average molecular weight is 130 g/mol. The second-order valence-corrected chi connectivity index (χ2v) is 1.24. The highest BCUT2D eigenvalue weighted by Crippen LogP contribution is 2.10. The highest BCUT2D eigenvalue weighted by Gasteiger charge is 2.08. The summed E-state index contributed by atoms with van der Waals surface area (Å²) in [4.78, 5) is 3.13. The molecule has 0 bridgehead atoms. The van der Waals surface area contributed by atoms with E-state index in [4.69, 9.17) is 0 Å². The monoisotopic (exact) mass is 130 g/mol. The third kappa shape index (κ3) is 1.38. The predicted molar refractivity (Wildman–Crippen MR) is 23.6 cm³/mol. The van der Waals surface area contributed by atoms with Gasteiger partial charge in [0.1, 0.15) is 6.20 Å². The molecular weight excluding hydrogens is 128 g/mol. The summed E-state index contributed by atoms with van der Waals surface area (Å²) in [6.07, 6.45) is 0.598. The molecule has 0 aliphatic heterocycles. The summed E-state index contributed by atoms with van der Waals surface area (Å²) < 4.78 is 23.2. The molecule has 0 atom stereocenters. The van der Waals surface area contributed by atoms with Gasteiger partial charge in [0.2, 0.25) is 5.82 Å². The van der Waals surface area contributed by atoms with E-state index in [1.807, 2.05) is 0 Å². The van der Waals surface area contributed by atoms with E-state index in [1.54, 1.807) is 0 Å². The molecule has 0 spiro atoms. The minimum atomic E-state index is -2.66. The van der Waals surface area contributed by atoms with Gasteiger partial charge in [0.05, 0.1) is 6.20 Å². The third-order valence-corrected chi connectivity index (χ3v) is 0.650. The van der Waals surface area contributed by atoms with Gasteiger partial charge in [0.15, 0.2) is 0 Å². The quantitative estimate of drug-likeness (QED) is 0.559. The molecule has 0 aliphatic rings. The largest absolute Gasteiger partial charge is 0.299 e. The van der Waals surface area contributed by atoms with Crippen LogP contribution in [-0.2, 0) is 0 Å². The Labute approximate surface area is 49.8 Å². The van der Waals surface area contributed by atoms with Crippen molar-refractivity contribution in [2.45, 2.75) is 6.43 Å². The van der Waals surface area contributed by atoms with Gasteiger partial charge < -0.3 is 0 Å². The van der Waals surface area contributed by atoms with Crippen LogP contribution in [0.3, 0.4) is 0 Å². The number of nitrogens with zero attached hydrogens (tertiary/aromatic N) is 3. The summed E-state index contributed by atoms with van der Waals surface area (Å²) in [5.74, 6) is -0.586. The Bertz CT molecular complexity index is 176. The van der Waals surface area contributed by atoms with Crippen molar-refractivity contribution in [3.8, 4) is 0 Å². The molecule has 9 heavy (non-hydrogen) atoms. The molecule has 47 valence electrons. The summed E-state index contributed by atoms with van der Waals surface area (Å²) >= 11 is 0. The molecule has 0 N–H and O–H groups in total. The van der Waals surface area contributed by atoms with E-state index in [0.717, 1.165) is 6.20 Å². The van der Waals surface area contributed by atoms with Crippen molar-refractivity contribution < 1.29 is 8.78 Å². The zero-order chi connectivity index (χ0) is 6.69. The molecule has 1 heterocycles. The van der Waals surface area contributed by atoms with E-state index in [1.165, 1.54) is 0 Å². The summed E-state index contributed by atoms with van der Waals surface area (Å²) in [5.41, 5.74) is 0. The third-order valence-electron chi connectivity index (χ3n) is 0.650. The first-order chi connectivity index (χ1) is 4.30. The Kier molecular flexibility index (Phi) is 1.62. The molecule has 0 saturated heterocycles. The number of aromatic nitrogens is 3. The Balaban J connectivity index is 2.85. The second kappa shape index (κ2) is 2.43. The molecule has 1 radical (unpaired) electrons.